The third-order valence-corrected chi connectivity index (χ3v) is 3.59. The van der Waals surface area contributed by atoms with Gasteiger partial charge in [0.25, 0.3) is 0 Å². The minimum absolute atomic E-state index is 0.719. The minimum atomic E-state index is 0.719. The van der Waals surface area contributed by atoms with Crippen molar-refractivity contribution in [3.63, 3.8) is 0 Å². The Balaban J connectivity index is 2.51. The molecule has 1 aliphatic carbocycles. The molecule has 0 aromatic rings. The van der Waals surface area contributed by atoms with Crippen molar-refractivity contribution in [2.75, 3.05) is 20.1 Å². The van der Waals surface area contributed by atoms with E-state index in [1.807, 2.05) is 0 Å². The summed E-state index contributed by atoms with van der Waals surface area (Å²) in [6, 6.07) is 1.61. The van der Waals surface area contributed by atoms with Gasteiger partial charge in [0.2, 0.25) is 0 Å². The van der Waals surface area contributed by atoms with Crippen LogP contribution in [0.3, 0.4) is 0 Å². The van der Waals surface area contributed by atoms with Crippen LogP contribution in [-0.2, 0) is 0 Å². The number of likely N-dealkylation sites (N-methyl/N-ethyl adjacent to an activating group) is 1. The van der Waals surface area contributed by atoms with Crippen LogP contribution in [0.4, 0.5) is 0 Å². The summed E-state index contributed by atoms with van der Waals surface area (Å²) in [4.78, 5) is 2.77. The first-order valence-corrected chi connectivity index (χ1v) is 6.96. The average Bonchev–Trinajstić information content (AvgIpc) is 2.99. The van der Waals surface area contributed by atoms with Gasteiger partial charge in [-0.2, -0.15) is 0 Å². The molecule has 1 rings (SSSR count). The van der Waals surface area contributed by atoms with Crippen molar-refractivity contribution in [3.8, 4) is 0 Å². The van der Waals surface area contributed by atoms with E-state index >= 15 is 0 Å². The van der Waals surface area contributed by atoms with E-state index in [0.29, 0.717) is 0 Å². The molecule has 1 aliphatic rings. The Morgan fingerprint density at radius 1 is 1.19 bits per heavy atom. The minimum Gasteiger partial charge on any atom is -0.318 e. The summed E-state index contributed by atoms with van der Waals surface area (Å²) in [5, 5.41) is 3.36. The molecule has 16 heavy (non-hydrogen) atoms. The largest absolute Gasteiger partial charge is 0.318 e. The average molecular weight is 226 g/mol. The molecule has 0 saturated heterocycles. The molecule has 0 aliphatic heterocycles. The highest BCUT2D eigenvalue weighted by atomic mass is 15.2. The van der Waals surface area contributed by atoms with Gasteiger partial charge in [-0.25, -0.2) is 0 Å². The van der Waals surface area contributed by atoms with Crippen LogP contribution < -0.4 is 5.32 Å². The topological polar surface area (TPSA) is 15.3 Å². The lowest BCUT2D eigenvalue weighted by molar-refractivity contribution is 0.137. The SMILES string of the molecule is CNCC(C(C)C)N(CCC(C)C)C1CC1. The molecule has 1 fully saturated rings. The summed E-state index contributed by atoms with van der Waals surface area (Å²) < 4.78 is 0. The van der Waals surface area contributed by atoms with Crippen molar-refractivity contribution in [3.05, 3.63) is 0 Å². The Morgan fingerprint density at radius 3 is 2.19 bits per heavy atom. The fourth-order valence-electron chi connectivity index (χ4n) is 2.38. The van der Waals surface area contributed by atoms with Gasteiger partial charge in [-0.15, -0.1) is 0 Å². The van der Waals surface area contributed by atoms with E-state index in [9.17, 15) is 0 Å². The Morgan fingerprint density at radius 2 is 1.81 bits per heavy atom. The van der Waals surface area contributed by atoms with Gasteiger partial charge in [-0.3, -0.25) is 4.90 Å². The van der Waals surface area contributed by atoms with Gasteiger partial charge in [0.05, 0.1) is 0 Å². The van der Waals surface area contributed by atoms with Gasteiger partial charge >= 0.3 is 0 Å². The molecule has 1 unspecified atom stereocenters. The van der Waals surface area contributed by atoms with Crippen molar-refractivity contribution in [1.29, 1.82) is 0 Å². The first-order valence-electron chi connectivity index (χ1n) is 6.96. The maximum absolute atomic E-state index is 3.36. The quantitative estimate of drug-likeness (QED) is 0.684. The molecule has 0 amide bonds. The second-order valence-corrected chi connectivity index (χ2v) is 6.02. The van der Waals surface area contributed by atoms with Gasteiger partial charge in [0, 0.05) is 18.6 Å². The molecular weight excluding hydrogens is 196 g/mol. The molecule has 2 nitrogen and oxygen atoms in total. The Kier molecular flexibility index (Phi) is 5.77. The van der Waals surface area contributed by atoms with Gasteiger partial charge in [0.1, 0.15) is 0 Å². The van der Waals surface area contributed by atoms with Crippen molar-refractivity contribution in [1.82, 2.24) is 10.2 Å². The smallest absolute Gasteiger partial charge is 0.0246 e. The van der Waals surface area contributed by atoms with Crippen LogP contribution in [-0.4, -0.2) is 37.1 Å². The number of nitrogens with zero attached hydrogens (tertiary/aromatic N) is 1. The summed E-state index contributed by atoms with van der Waals surface area (Å²) in [5.41, 5.74) is 0. The summed E-state index contributed by atoms with van der Waals surface area (Å²) >= 11 is 0. The second-order valence-electron chi connectivity index (χ2n) is 6.02. The Bertz CT molecular complexity index is 185. The Labute approximate surface area is 102 Å². The summed E-state index contributed by atoms with van der Waals surface area (Å²) in [6.45, 7) is 11.8. The highest BCUT2D eigenvalue weighted by Gasteiger charge is 2.34. The molecule has 0 bridgehead atoms. The van der Waals surface area contributed by atoms with Gasteiger partial charge < -0.3 is 5.32 Å². The van der Waals surface area contributed by atoms with Gasteiger partial charge in [0.15, 0.2) is 0 Å². The van der Waals surface area contributed by atoms with Crippen LogP contribution in [0.1, 0.15) is 47.0 Å². The lowest BCUT2D eigenvalue weighted by atomic mass is 10.0. The van der Waals surface area contributed by atoms with Crippen LogP contribution in [0.2, 0.25) is 0 Å². The molecule has 0 spiro atoms. The van der Waals surface area contributed by atoms with Crippen molar-refractivity contribution >= 4 is 0 Å². The fourth-order valence-corrected chi connectivity index (χ4v) is 2.38. The lowest BCUT2D eigenvalue weighted by Crippen LogP contribution is -2.46. The molecule has 0 radical (unpaired) electrons. The highest BCUT2D eigenvalue weighted by molar-refractivity contribution is 4.90. The predicted molar refractivity (Wildman–Crippen MR) is 71.7 cm³/mol. The number of hydrogen-bond acceptors (Lipinski definition) is 2. The van der Waals surface area contributed by atoms with E-state index in [-0.39, 0.29) is 0 Å². The molecule has 1 atom stereocenters. The van der Waals surface area contributed by atoms with Crippen molar-refractivity contribution in [2.24, 2.45) is 11.8 Å². The van der Waals surface area contributed by atoms with Crippen LogP contribution in [0.25, 0.3) is 0 Å². The molecule has 0 heterocycles. The van der Waals surface area contributed by atoms with E-state index in [2.05, 4.69) is 45.0 Å². The molecule has 1 N–H and O–H groups in total. The third-order valence-electron chi connectivity index (χ3n) is 3.59. The number of nitrogens with one attached hydrogen (secondary N) is 1. The van der Waals surface area contributed by atoms with E-state index < -0.39 is 0 Å². The molecule has 0 aromatic heterocycles. The van der Waals surface area contributed by atoms with Gasteiger partial charge in [-0.05, 0) is 44.7 Å². The zero-order chi connectivity index (χ0) is 12.1. The summed E-state index contributed by atoms with van der Waals surface area (Å²) in [5.74, 6) is 1.57. The maximum Gasteiger partial charge on any atom is 0.0246 e. The van der Waals surface area contributed by atoms with Crippen molar-refractivity contribution < 1.29 is 0 Å². The number of hydrogen-bond donors (Lipinski definition) is 1. The first kappa shape index (κ1) is 14.0. The molecule has 96 valence electrons. The van der Waals surface area contributed by atoms with Gasteiger partial charge in [-0.1, -0.05) is 27.7 Å². The first-order chi connectivity index (χ1) is 7.56. The monoisotopic (exact) mass is 226 g/mol. The van der Waals surface area contributed by atoms with Crippen LogP contribution in [0.15, 0.2) is 0 Å². The van der Waals surface area contributed by atoms with Crippen LogP contribution in [0.5, 0.6) is 0 Å². The van der Waals surface area contributed by atoms with E-state index in [4.69, 9.17) is 0 Å². The van der Waals surface area contributed by atoms with Crippen LogP contribution >= 0.6 is 0 Å². The van der Waals surface area contributed by atoms with E-state index in [1.54, 1.807) is 0 Å². The van der Waals surface area contributed by atoms with Crippen molar-refractivity contribution in [2.45, 2.75) is 59.0 Å². The lowest BCUT2D eigenvalue weighted by Gasteiger charge is -2.35. The molecule has 2 heteroatoms. The fraction of sp³-hybridized carbons (Fsp3) is 1.00. The molecule has 0 aromatic carbocycles. The van der Waals surface area contributed by atoms with Crippen LogP contribution in [0, 0.1) is 11.8 Å². The zero-order valence-electron chi connectivity index (χ0n) is 11.8. The highest BCUT2D eigenvalue weighted by Crippen LogP contribution is 2.31. The third kappa shape index (κ3) is 4.42. The van der Waals surface area contributed by atoms with E-state index in [1.165, 1.54) is 25.8 Å². The van der Waals surface area contributed by atoms with E-state index in [0.717, 1.165) is 30.5 Å². The molecular formula is C14H30N2. The summed E-state index contributed by atoms with van der Waals surface area (Å²) in [7, 11) is 2.07. The summed E-state index contributed by atoms with van der Waals surface area (Å²) in [6.07, 6.45) is 4.18. The molecule has 1 saturated carbocycles. The standard InChI is InChI=1S/C14H30N2/c1-11(2)8-9-16(13-6-7-13)14(10-15-5)12(3)4/h11-15H,6-10H2,1-5H3. The number of rotatable bonds is 8. The zero-order valence-corrected chi connectivity index (χ0v) is 11.8. The Hall–Kier alpha value is -0.0800. The maximum atomic E-state index is 3.36. The predicted octanol–water partition coefficient (Wildman–Crippen LogP) is 2.74. The normalized spacial score (nSPS) is 18.8. The second kappa shape index (κ2) is 6.61.